The molecule has 0 amide bonds. The van der Waals surface area contributed by atoms with Crippen LogP contribution in [-0.2, 0) is 6.54 Å². The molecule has 2 aromatic rings. The van der Waals surface area contributed by atoms with Gasteiger partial charge in [0.25, 0.3) is 0 Å². The molecule has 1 fully saturated rings. The second-order valence-corrected chi connectivity index (χ2v) is 5.26. The molecule has 0 aliphatic carbocycles. The predicted molar refractivity (Wildman–Crippen MR) is 72.2 cm³/mol. The molecule has 3 rings (SSSR count). The smallest absolute Gasteiger partial charge is 0.147 e. The molecule has 0 radical (unpaired) electrons. The number of aromatic nitrogens is 3. The molecule has 1 unspecified atom stereocenters. The molecular formula is C14H17FN4O. The van der Waals surface area contributed by atoms with Gasteiger partial charge in [-0.15, -0.1) is 0 Å². The minimum absolute atomic E-state index is 0.284. The van der Waals surface area contributed by atoms with Gasteiger partial charge in [0.1, 0.15) is 17.8 Å². The number of alkyl halides is 1. The third-order valence-corrected chi connectivity index (χ3v) is 3.65. The lowest BCUT2D eigenvalue weighted by molar-refractivity contribution is 0.0769. The normalized spacial score (nSPS) is 23.3. The molecule has 3 heterocycles. The molecule has 6 heteroatoms. The Hall–Kier alpha value is -1.79. The van der Waals surface area contributed by atoms with Crippen LogP contribution in [0.5, 0.6) is 0 Å². The lowest BCUT2D eigenvalue weighted by Gasteiger charge is -2.18. The highest BCUT2D eigenvalue weighted by molar-refractivity contribution is 5.25. The number of hydrogen-bond acceptors (Lipinski definition) is 4. The molecule has 1 saturated heterocycles. The van der Waals surface area contributed by atoms with Gasteiger partial charge < -0.3 is 5.11 Å². The van der Waals surface area contributed by atoms with Gasteiger partial charge in [0.2, 0.25) is 0 Å². The van der Waals surface area contributed by atoms with Gasteiger partial charge in [-0.3, -0.25) is 9.47 Å². The van der Waals surface area contributed by atoms with E-state index < -0.39 is 12.3 Å². The van der Waals surface area contributed by atoms with E-state index >= 15 is 0 Å². The van der Waals surface area contributed by atoms with Crippen molar-refractivity contribution < 1.29 is 9.50 Å². The van der Waals surface area contributed by atoms with E-state index in [0.717, 1.165) is 11.4 Å². The Labute approximate surface area is 116 Å². The average Bonchev–Trinajstić information content (AvgIpc) is 3.11. The summed E-state index contributed by atoms with van der Waals surface area (Å²) in [4.78, 5) is 10.4. The topological polar surface area (TPSA) is 54.2 Å². The van der Waals surface area contributed by atoms with Gasteiger partial charge in [0.05, 0.1) is 6.61 Å². The zero-order valence-electron chi connectivity index (χ0n) is 11.1. The molecule has 1 aliphatic rings. The zero-order valence-corrected chi connectivity index (χ0v) is 11.1. The number of halogens is 1. The average molecular weight is 276 g/mol. The van der Waals surface area contributed by atoms with Crippen LogP contribution in [-0.4, -0.2) is 49.9 Å². The summed E-state index contributed by atoms with van der Waals surface area (Å²) in [5.41, 5.74) is -0.402. The number of aliphatic hydroxyl groups is 1. The Bertz CT molecular complexity index is 557. The van der Waals surface area contributed by atoms with Crippen LogP contribution in [0.25, 0.3) is 5.82 Å². The van der Waals surface area contributed by atoms with Crippen molar-refractivity contribution in [3.63, 3.8) is 0 Å². The quantitative estimate of drug-likeness (QED) is 0.911. The number of aliphatic hydroxyl groups excluding tert-OH is 1. The van der Waals surface area contributed by atoms with E-state index in [9.17, 15) is 4.39 Å². The fourth-order valence-corrected chi connectivity index (χ4v) is 2.50. The summed E-state index contributed by atoms with van der Waals surface area (Å²) in [6.07, 6.45) is 7.43. The first-order chi connectivity index (χ1) is 9.68. The van der Waals surface area contributed by atoms with Crippen LogP contribution in [0, 0.1) is 0 Å². The van der Waals surface area contributed by atoms with Crippen molar-refractivity contribution in [2.75, 3.05) is 19.7 Å². The van der Waals surface area contributed by atoms with E-state index in [-0.39, 0.29) is 6.54 Å². The minimum Gasteiger partial charge on any atom is -0.393 e. The van der Waals surface area contributed by atoms with Crippen LogP contribution in [0.3, 0.4) is 0 Å². The van der Waals surface area contributed by atoms with Crippen LogP contribution in [0.4, 0.5) is 4.39 Å². The molecule has 1 aliphatic heterocycles. The lowest BCUT2D eigenvalue weighted by atomic mass is 10.1. The Morgan fingerprint density at radius 2 is 2.30 bits per heavy atom. The fourth-order valence-electron chi connectivity index (χ4n) is 2.50. The molecule has 1 N–H and O–H groups in total. The molecule has 1 atom stereocenters. The van der Waals surface area contributed by atoms with Gasteiger partial charge in [0, 0.05) is 38.2 Å². The summed E-state index contributed by atoms with van der Waals surface area (Å²) in [6.45, 7) is 1.21. The monoisotopic (exact) mass is 276 g/mol. The fraction of sp³-hybridized carbons (Fsp3) is 0.429. The molecule has 0 bridgehead atoms. The first kappa shape index (κ1) is 13.2. The molecule has 0 spiro atoms. The standard InChI is InChI=1S/C14H17FN4O/c15-14(10-20)3-5-18(9-14)8-12-1-2-13(17-7-12)19-6-4-16-11-19/h1-2,4,6-7,11,20H,3,5,8-10H2. The summed E-state index contributed by atoms with van der Waals surface area (Å²) < 4.78 is 15.8. The Morgan fingerprint density at radius 1 is 1.40 bits per heavy atom. The summed E-state index contributed by atoms with van der Waals surface area (Å²) in [5, 5.41) is 9.03. The van der Waals surface area contributed by atoms with Gasteiger partial charge in [-0.2, -0.15) is 0 Å². The Kier molecular flexibility index (Phi) is 3.50. The summed E-state index contributed by atoms with van der Waals surface area (Å²) in [7, 11) is 0. The van der Waals surface area contributed by atoms with E-state index in [1.54, 1.807) is 18.7 Å². The van der Waals surface area contributed by atoms with Crippen molar-refractivity contribution in [2.45, 2.75) is 18.6 Å². The van der Waals surface area contributed by atoms with Gasteiger partial charge in [0.15, 0.2) is 0 Å². The predicted octanol–water partition coefficient (Wildman–Crippen LogP) is 1.17. The maximum atomic E-state index is 13.9. The van der Waals surface area contributed by atoms with Crippen molar-refractivity contribution in [3.8, 4) is 5.82 Å². The highest BCUT2D eigenvalue weighted by atomic mass is 19.1. The molecule has 0 saturated carbocycles. The largest absolute Gasteiger partial charge is 0.393 e. The van der Waals surface area contributed by atoms with Gasteiger partial charge in [-0.25, -0.2) is 14.4 Å². The van der Waals surface area contributed by atoms with Crippen LogP contribution < -0.4 is 0 Å². The lowest BCUT2D eigenvalue weighted by Crippen LogP contribution is -2.32. The van der Waals surface area contributed by atoms with Crippen molar-refractivity contribution >= 4 is 0 Å². The van der Waals surface area contributed by atoms with Crippen molar-refractivity contribution in [2.24, 2.45) is 0 Å². The third-order valence-electron chi connectivity index (χ3n) is 3.65. The summed E-state index contributed by atoms with van der Waals surface area (Å²) in [6, 6.07) is 3.90. The van der Waals surface area contributed by atoms with E-state index in [1.807, 2.05) is 27.8 Å². The highest BCUT2D eigenvalue weighted by Crippen LogP contribution is 2.26. The SMILES string of the molecule is OCC1(F)CCN(Cc2ccc(-n3ccnc3)nc2)C1. The Morgan fingerprint density at radius 3 is 2.90 bits per heavy atom. The number of hydrogen-bond donors (Lipinski definition) is 1. The molecule has 106 valence electrons. The first-order valence-electron chi connectivity index (χ1n) is 6.64. The van der Waals surface area contributed by atoms with Crippen molar-refractivity contribution in [1.82, 2.24) is 19.4 Å². The molecule has 0 aromatic carbocycles. The van der Waals surface area contributed by atoms with Crippen LogP contribution in [0.15, 0.2) is 37.1 Å². The minimum atomic E-state index is -1.44. The number of likely N-dealkylation sites (tertiary alicyclic amines) is 1. The van der Waals surface area contributed by atoms with E-state index in [1.165, 1.54) is 0 Å². The van der Waals surface area contributed by atoms with E-state index in [4.69, 9.17) is 5.11 Å². The zero-order chi connectivity index (χ0) is 14.0. The summed E-state index contributed by atoms with van der Waals surface area (Å²) >= 11 is 0. The second-order valence-electron chi connectivity index (χ2n) is 5.26. The second kappa shape index (κ2) is 5.30. The van der Waals surface area contributed by atoms with Crippen LogP contribution >= 0.6 is 0 Å². The summed E-state index contributed by atoms with van der Waals surface area (Å²) in [5.74, 6) is 0.808. The molecule has 20 heavy (non-hydrogen) atoms. The van der Waals surface area contributed by atoms with Gasteiger partial charge >= 0.3 is 0 Å². The molecule has 5 nitrogen and oxygen atoms in total. The maximum Gasteiger partial charge on any atom is 0.147 e. The van der Waals surface area contributed by atoms with E-state index in [0.29, 0.717) is 19.5 Å². The molecule has 2 aromatic heterocycles. The van der Waals surface area contributed by atoms with Crippen LogP contribution in [0.1, 0.15) is 12.0 Å². The number of rotatable bonds is 4. The third kappa shape index (κ3) is 2.71. The van der Waals surface area contributed by atoms with Gasteiger partial charge in [-0.1, -0.05) is 6.07 Å². The molecular weight excluding hydrogens is 259 g/mol. The first-order valence-corrected chi connectivity index (χ1v) is 6.64. The van der Waals surface area contributed by atoms with Crippen LogP contribution in [0.2, 0.25) is 0 Å². The van der Waals surface area contributed by atoms with E-state index in [2.05, 4.69) is 9.97 Å². The van der Waals surface area contributed by atoms with Gasteiger partial charge in [-0.05, 0) is 18.1 Å². The van der Waals surface area contributed by atoms with Crippen molar-refractivity contribution in [1.29, 1.82) is 0 Å². The number of pyridine rings is 1. The maximum absolute atomic E-state index is 13.9. The highest BCUT2D eigenvalue weighted by Gasteiger charge is 2.37. The van der Waals surface area contributed by atoms with Crippen molar-refractivity contribution in [3.05, 3.63) is 42.6 Å². The number of imidazole rings is 1. The Balaban J connectivity index is 1.65. The number of nitrogens with zero attached hydrogens (tertiary/aromatic N) is 4.